The van der Waals surface area contributed by atoms with Crippen LogP contribution in [0.4, 0.5) is 23.7 Å². The standard InChI is InChI=1S/C31H38F3N5O3/c1-30(2)24-10-6-7-11-26(24)39(28(30)41)22-13-16-37(17-14-22)27(40)25(36-29(42)38-15-12-21(19-38)35-3)18-20-8-4-5-9-23(20)31(32,33)34/h4-11,21-22,25,35H,12-19H2,1-3H3,(H,36,42)/t21-,25-/m0/s1. The zero-order valence-corrected chi connectivity index (χ0v) is 24.2. The average Bonchev–Trinajstić information content (AvgIpc) is 3.53. The first-order chi connectivity index (χ1) is 19.9. The third-order valence-corrected chi connectivity index (χ3v) is 8.96. The van der Waals surface area contributed by atoms with Crippen molar-refractivity contribution >= 4 is 23.5 Å². The topological polar surface area (TPSA) is 85.0 Å². The van der Waals surface area contributed by atoms with Crippen LogP contribution in [0.3, 0.4) is 0 Å². The van der Waals surface area contributed by atoms with E-state index in [4.69, 9.17) is 0 Å². The minimum Gasteiger partial charge on any atom is -0.341 e. The van der Waals surface area contributed by atoms with E-state index in [1.54, 1.807) is 9.80 Å². The van der Waals surface area contributed by atoms with Gasteiger partial charge in [0, 0.05) is 50.4 Å². The quantitative estimate of drug-likeness (QED) is 0.538. The van der Waals surface area contributed by atoms with Gasteiger partial charge in [0.2, 0.25) is 11.8 Å². The Morgan fingerprint density at radius 2 is 1.62 bits per heavy atom. The molecule has 0 spiro atoms. The van der Waals surface area contributed by atoms with Crippen molar-refractivity contribution in [3.63, 3.8) is 0 Å². The first-order valence-electron chi connectivity index (χ1n) is 14.5. The number of carbonyl (C=O) groups excluding carboxylic acids is 3. The third-order valence-electron chi connectivity index (χ3n) is 8.96. The minimum absolute atomic E-state index is 0.0212. The Hall–Kier alpha value is -3.60. The molecule has 5 rings (SSSR count). The van der Waals surface area contributed by atoms with Gasteiger partial charge in [0.1, 0.15) is 6.04 Å². The third kappa shape index (κ3) is 5.71. The molecule has 2 aromatic carbocycles. The van der Waals surface area contributed by atoms with Gasteiger partial charge in [-0.05, 0) is 63.4 Å². The highest BCUT2D eigenvalue weighted by atomic mass is 19.4. The fourth-order valence-electron chi connectivity index (χ4n) is 6.48. The summed E-state index contributed by atoms with van der Waals surface area (Å²) < 4.78 is 41.4. The van der Waals surface area contributed by atoms with Crippen LogP contribution in [-0.2, 0) is 27.6 Å². The Labute approximate surface area is 244 Å². The Balaban J connectivity index is 1.33. The maximum absolute atomic E-state index is 13.8. The monoisotopic (exact) mass is 585 g/mol. The molecule has 0 radical (unpaired) electrons. The maximum Gasteiger partial charge on any atom is 0.416 e. The molecule has 2 fully saturated rings. The Morgan fingerprint density at radius 3 is 2.29 bits per heavy atom. The van der Waals surface area contributed by atoms with E-state index in [1.807, 2.05) is 50.1 Å². The van der Waals surface area contributed by atoms with Crippen molar-refractivity contribution in [1.82, 2.24) is 20.4 Å². The van der Waals surface area contributed by atoms with Crippen molar-refractivity contribution in [2.75, 3.05) is 38.1 Å². The first-order valence-corrected chi connectivity index (χ1v) is 14.5. The molecule has 0 bridgehead atoms. The molecule has 2 atom stereocenters. The van der Waals surface area contributed by atoms with E-state index < -0.39 is 35.1 Å². The molecule has 0 saturated carbocycles. The van der Waals surface area contributed by atoms with Crippen molar-refractivity contribution in [1.29, 1.82) is 0 Å². The van der Waals surface area contributed by atoms with Gasteiger partial charge in [0.25, 0.3) is 0 Å². The number of nitrogens with one attached hydrogen (secondary N) is 2. The van der Waals surface area contributed by atoms with E-state index in [2.05, 4.69) is 10.6 Å². The zero-order valence-electron chi connectivity index (χ0n) is 24.2. The van der Waals surface area contributed by atoms with Gasteiger partial charge in [-0.3, -0.25) is 9.59 Å². The predicted molar refractivity (Wildman–Crippen MR) is 153 cm³/mol. The molecule has 3 aliphatic rings. The smallest absolute Gasteiger partial charge is 0.341 e. The van der Waals surface area contributed by atoms with Gasteiger partial charge >= 0.3 is 12.2 Å². The number of urea groups is 1. The number of likely N-dealkylation sites (tertiary alicyclic amines) is 2. The first kappa shape index (κ1) is 29.9. The van der Waals surface area contributed by atoms with Crippen molar-refractivity contribution < 1.29 is 27.6 Å². The number of anilines is 1. The van der Waals surface area contributed by atoms with Gasteiger partial charge in [-0.2, -0.15) is 13.2 Å². The van der Waals surface area contributed by atoms with Crippen LogP contribution >= 0.6 is 0 Å². The lowest BCUT2D eigenvalue weighted by atomic mass is 9.86. The molecule has 3 heterocycles. The molecule has 226 valence electrons. The molecule has 42 heavy (non-hydrogen) atoms. The number of piperidine rings is 1. The summed E-state index contributed by atoms with van der Waals surface area (Å²) in [6.45, 7) is 5.43. The summed E-state index contributed by atoms with van der Waals surface area (Å²) in [5, 5.41) is 5.89. The number of fused-ring (bicyclic) bond motifs is 1. The highest BCUT2D eigenvalue weighted by Gasteiger charge is 2.47. The molecule has 3 aliphatic heterocycles. The molecule has 2 N–H and O–H groups in total. The molecular weight excluding hydrogens is 547 g/mol. The van der Waals surface area contributed by atoms with Gasteiger partial charge in [0.15, 0.2) is 0 Å². The Morgan fingerprint density at radius 1 is 0.976 bits per heavy atom. The molecule has 0 unspecified atom stereocenters. The molecule has 2 aromatic rings. The fraction of sp³-hybridized carbons (Fsp3) is 0.516. The fourth-order valence-corrected chi connectivity index (χ4v) is 6.48. The summed E-state index contributed by atoms with van der Waals surface area (Å²) in [6, 6.07) is 11.3. The lowest BCUT2D eigenvalue weighted by Gasteiger charge is -2.39. The summed E-state index contributed by atoms with van der Waals surface area (Å²) in [7, 11) is 1.81. The minimum atomic E-state index is -4.59. The number of nitrogens with zero attached hydrogens (tertiary/aromatic N) is 3. The van der Waals surface area contributed by atoms with Gasteiger partial charge in [-0.15, -0.1) is 0 Å². The summed E-state index contributed by atoms with van der Waals surface area (Å²) in [5.41, 5.74) is 0.349. The van der Waals surface area contributed by atoms with Crippen LogP contribution in [-0.4, -0.2) is 79.0 Å². The Kier molecular flexibility index (Phi) is 8.24. The molecule has 0 aromatic heterocycles. The second-order valence-electron chi connectivity index (χ2n) is 12.0. The number of benzene rings is 2. The zero-order chi connectivity index (χ0) is 30.2. The normalized spacial score (nSPS) is 21.4. The van der Waals surface area contributed by atoms with E-state index in [1.165, 1.54) is 18.2 Å². The second kappa shape index (κ2) is 11.6. The summed E-state index contributed by atoms with van der Waals surface area (Å²) in [6.07, 6.45) is -3.07. The molecule has 11 heteroatoms. The highest BCUT2D eigenvalue weighted by Crippen LogP contribution is 2.43. The van der Waals surface area contributed by atoms with Gasteiger partial charge in [0.05, 0.1) is 11.0 Å². The highest BCUT2D eigenvalue weighted by molar-refractivity contribution is 6.08. The van der Waals surface area contributed by atoms with Crippen molar-refractivity contribution in [3.8, 4) is 0 Å². The van der Waals surface area contributed by atoms with E-state index in [9.17, 15) is 27.6 Å². The van der Waals surface area contributed by atoms with Crippen LogP contribution < -0.4 is 15.5 Å². The van der Waals surface area contributed by atoms with Crippen molar-refractivity contribution in [2.45, 2.75) is 69.2 Å². The number of alkyl halides is 3. The van der Waals surface area contributed by atoms with Crippen LogP contribution in [0, 0.1) is 0 Å². The number of rotatable bonds is 6. The number of hydrogen-bond donors (Lipinski definition) is 2. The molecule has 0 aliphatic carbocycles. The van der Waals surface area contributed by atoms with Crippen molar-refractivity contribution in [2.24, 2.45) is 0 Å². The summed E-state index contributed by atoms with van der Waals surface area (Å²) in [5.74, 6) is -0.399. The van der Waals surface area contributed by atoms with E-state index in [-0.39, 0.29) is 30.0 Å². The number of likely N-dealkylation sites (N-methyl/N-ethyl adjacent to an activating group) is 1. The van der Waals surface area contributed by atoms with Crippen LogP contribution in [0.2, 0.25) is 0 Å². The maximum atomic E-state index is 13.8. The number of carbonyl (C=O) groups is 3. The number of para-hydroxylation sites is 1. The largest absolute Gasteiger partial charge is 0.416 e. The van der Waals surface area contributed by atoms with Gasteiger partial charge in [-0.25, -0.2) is 4.79 Å². The number of hydrogen-bond acceptors (Lipinski definition) is 4. The summed E-state index contributed by atoms with van der Waals surface area (Å²) >= 11 is 0. The SMILES string of the molecule is CN[C@H]1CCN(C(=O)N[C@@H](Cc2ccccc2C(F)(F)F)C(=O)N2CCC(N3C(=O)C(C)(C)c4ccccc43)CC2)C1. The molecule has 8 nitrogen and oxygen atoms in total. The van der Waals surface area contributed by atoms with Crippen LogP contribution in [0.5, 0.6) is 0 Å². The Bertz CT molecular complexity index is 1340. The summed E-state index contributed by atoms with van der Waals surface area (Å²) in [4.78, 5) is 45.5. The lowest BCUT2D eigenvalue weighted by molar-refractivity contribution is -0.139. The van der Waals surface area contributed by atoms with E-state index >= 15 is 0 Å². The van der Waals surface area contributed by atoms with Crippen molar-refractivity contribution in [3.05, 3.63) is 65.2 Å². The van der Waals surface area contributed by atoms with E-state index in [0.717, 1.165) is 23.7 Å². The number of amides is 4. The van der Waals surface area contributed by atoms with Crippen LogP contribution in [0.1, 0.15) is 49.8 Å². The van der Waals surface area contributed by atoms with Gasteiger partial charge in [-0.1, -0.05) is 36.4 Å². The number of halogens is 3. The van der Waals surface area contributed by atoms with Crippen LogP contribution in [0.15, 0.2) is 48.5 Å². The van der Waals surface area contributed by atoms with E-state index in [0.29, 0.717) is 39.0 Å². The van der Waals surface area contributed by atoms with Gasteiger partial charge < -0.3 is 25.3 Å². The molecular formula is C31H38F3N5O3. The second-order valence-corrected chi connectivity index (χ2v) is 12.0. The molecule has 4 amide bonds. The predicted octanol–water partition coefficient (Wildman–Crippen LogP) is 3.94. The molecule has 2 saturated heterocycles. The lowest BCUT2D eigenvalue weighted by Crippen LogP contribution is -2.56. The average molecular weight is 586 g/mol. The van der Waals surface area contributed by atoms with Crippen LogP contribution in [0.25, 0.3) is 0 Å².